The van der Waals surface area contributed by atoms with Crippen molar-refractivity contribution < 1.29 is 9.90 Å². The molecule has 1 spiro atoms. The Bertz CT molecular complexity index is 591. The summed E-state index contributed by atoms with van der Waals surface area (Å²) in [5, 5.41) is 13.1. The van der Waals surface area contributed by atoms with Crippen LogP contribution in [0.25, 0.3) is 0 Å². The summed E-state index contributed by atoms with van der Waals surface area (Å²) >= 11 is 0. The first-order valence-electron chi connectivity index (χ1n) is 8.94. The standard InChI is InChI=1S/C19H26N2O2/c22-16-3-1-2-15(10-16)13-21(12-14-4-5-14)18(23)17-11-19(17)6-8-20-9-7-19/h1-3,10,14,17,20,22H,4-9,11-13H2. The number of benzene rings is 1. The van der Waals surface area contributed by atoms with E-state index in [0.717, 1.165) is 44.5 Å². The second kappa shape index (κ2) is 5.82. The monoisotopic (exact) mass is 314 g/mol. The van der Waals surface area contributed by atoms with Crippen LogP contribution in [0.1, 0.15) is 37.7 Å². The molecule has 0 bridgehead atoms. The van der Waals surface area contributed by atoms with Crippen LogP contribution in [0.3, 0.4) is 0 Å². The van der Waals surface area contributed by atoms with E-state index in [1.807, 2.05) is 12.1 Å². The third-order valence-electron chi connectivity index (χ3n) is 5.86. The van der Waals surface area contributed by atoms with Gasteiger partial charge in [0.1, 0.15) is 5.75 Å². The summed E-state index contributed by atoms with van der Waals surface area (Å²) in [6.07, 6.45) is 5.88. The number of piperidine rings is 1. The highest BCUT2D eigenvalue weighted by atomic mass is 16.3. The van der Waals surface area contributed by atoms with Gasteiger partial charge >= 0.3 is 0 Å². The van der Waals surface area contributed by atoms with E-state index >= 15 is 0 Å². The highest BCUT2D eigenvalue weighted by Gasteiger charge is 2.58. The van der Waals surface area contributed by atoms with Crippen molar-refractivity contribution in [3.05, 3.63) is 29.8 Å². The number of nitrogens with zero attached hydrogens (tertiary/aromatic N) is 1. The number of phenols is 1. The van der Waals surface area contributed by atoms with Crippen molar-refractivity contribution in [3.8, 4) is 5.75 Å². The maximum Gasteiger partial charge on any atom is 0.226 e. The molecule has 3 aliphatic rings. The summed E-state index contributed by atoms with van der Waals surface area (Å²) in [6.45, 7) is 3.63. The normalized spacial score (nSPS) is 25.3. The third-order valence-corrected chi connectivity index (χ3v) is 5.86. The van der Waals surface area contributed by atoms with Crippen molar-refractivity contribution in [2.24, 2.45) is 17.3 Å². The van der Waals surface area contributed by atoms with Crippen molar-refractivity contribution in [2.45, 2.75) is 38.6 Å². The minimum atomic E-state index is 0.237. The van der Waals surface area contributed by atoms with Crippen LogP contribution in [-0.4, -0.2) is 35.5 Å². The molecule has 4 nitrogen and oxygen atoms in total. The van der Waals surface area contributed by atoms with Crippen LogP contribution in [0.4, 0.5) is 0 Å². The maximum atomic E-state index is 13.1. The van der Waals surface area contributed by atoms with Gasteiger partial charge in [-0.3, -0.25) is 4.79 Å². The molecule has 0 radical (unpaired) electrons. The molecule has 4 rings (SSSR count). The van der Waals surface area contributed by atoms with Crippen molar-refractivity contribution in [2.75, 3.05) is 19.6 Å². The number of phenolic OH excluding ortho intramolecular Hbond substituents is 1. The topological polar surface area (TPSA) is 52.6 Å². The van der Waals surface area contributed by atoms with Crippen LogP contribution < -0.4 is 5.32 Å². The molecule has 4 heteroatoms. The molecule has 23 heavy (non-hydrogen) atoms. The van der Waals surface area contributed by atoms with Gasteiger partial charge in [0.05, 0.1) is 0 Å². The van der Waals surface area contributed by atoms with Crippen LogP contribution in [0.5, 0.6) is 5.75 Å². The van der Waals surface area contributed by atoms with Gasteiger partial charge in [0, 0.05) is 19.0 Å². The summed E-state index contributed by atoms with van der Waals surface area (Å²) in [5.74, 6) is 1.56. The van der Waals surface area contributed by atoms with Gasteiger partial charge in [-0.15, -0.1) is 0 Å². The van der Waals surface area contributed by atoms with Gasteiger partial charge < -0.3 is 15.3 Å². The molecule has 2 aliphatic carbocycles. The van der Waals surface area contributed by atoms with E-state index in [4.69, 9.17) is 0 Å². The van der Waals surface area contributed by atoms with Crippen LogP contribution in [-0.2, 0) is 11.3 Å². The Balaban J connectivity index is 1.46. The Morgan fingerprint density at radius 2 is 2.09 bits per heavy atom. The molecule has 2 N–H and O–H groups in total. The number of nitrogens with one attached hydrogen (secondary N) is 1. The Morgan fingerprint density at radius 1 is 1.30 bits per heavy atom. The fourth-order valence-electron chi connectivity index (χ4n) is 4.11. The smallest absolute Gasteiger partial charge is 0.226 e. The summed E-state index contributed by atoms with van der Waals surface area (Å²) in [7, 11) is 0. The van der Waals surface area contributed by atoms with E-state index in [2.05, 4.69) is 10.2 Å². The lowest BCUT2D eigenvalue weighted by Gasteiger charge is -2.27. The first-order valence-corrected chi connectivity index (χ1v) is 8.94. The van der Waals surface area contributed by atoms with Gasteiger partial charge in [0.25, 0.3) is 0 Å². The van der Waals surface area contributed by atoms with Crippen LogP contribution in [0.2, 0.25) is 0 Å². The summed E-state index contributed by atoms with van der Waals surface area (Å²) < 4.78 is 0. The van der Waals surface area contributed by atoms with Crippen LogP contribution in [0, 0.1) is 17.3 Å². The van der Waals surface area contributed by atoms with Gasteiger partial charge in [-0.1, -0.05) is 12.1 Å². The average molecular weight is 314 g/mol. The molecule has 1 atom stereocenters. The molecule has 1 aliphatic heterocycles. The van der Waals surface area contributed by atoms with E-state index in [1.54, 1.807) is 12.1 Å². The number of carbonyl (C=O) groups is 1. The molecule has 1 heterocycles. The molecular formula is C19H26N2O2. The zero-order valence-corrected chi connectivity index (χ0v) is 13.6. The largest absolute Gasteiger partial charge is 0.508 e. The number of hydrogen-bond acceptors (Lipinski definition) is 3. The van der Waals surface area contributed by atoms with Crippen LogP contribution in [0.15, 0.2) is 24.3 Å². The van der Waals surface area contributed by atoms with Crippen molar-refractivity contribution >= 4 is 5.91 Å². The average Bonchev–Trinajstić information content (AvgIpc) is 3.46. The molecule has 1 amide bonds. The first-order chi connectivity index (χ1) is 11.2. The summed E-state index contributed by atoms with van der Waals surface area (Å²) in [5.41, 5.74) is 1.32. The van der Waals surface area contributed by atoms with Gasteiger partial charge in [-0.05, 0) is 74.2 Å². The lowest BCUT2D eigenvalue weighted by atomic mass is 9.91. The van der Waals surface area contributed by atoms with E-state index < -0.39 is 0 Å². The highest BCUT2D eigenvalue weighted by molar-refractivity contribution is 5.82. The third kappa shape index (κ3) is 3.23. The van der Waals surface area contributed by atoms with E-state index in [0.29, 0.717) is 23.8 Å². The summed E-state index contributed by atoms with van der Waals surface area (Å²) in [6, 6.07) is 7.32. The lowest BCUT2D eigenvalue weighted by molar-refractivity contribution is -0.134. The number of hydrogen-bond donors (Lipinski definition) is 2. The van der Waals surface area contributed by atoms with Crippen molar-refractivity contribution in [1.82, 2.24) is 10.2 Å². The number of amides is 1. The number of rotatable bonds is 5. The lowest BCUT2D eigenvalue weighted by Crippen LogP contribution is -2.37. The maximum absolute atomic E-state index is 13.1. The highest BCUT2D eigenvalue weighted by Crippen LogP contribution is 2.59. The van der Waals surface area contributed by atoms with E-state index in [9.17, 15) is 9.90 Å². The molecule has 2 saturated carbocycles. The molecule has 1 aromatic carbocycles. The predicted molar refractivity (Wildman–Crippen MR) is 88.9 cm³/mol. The van der Waals surface area contributed by atoms with Gasteiger partial charge in [-0.2, -0.15) is 0 Å². The first kappa shape index (κ1) is 15.0. The van der Waals surface area contributed by atoms with Gasteiger partial charge in [0.2, 0.25) is 5.91 Å². The second-order valence-corrected chi connectivity index (χ2v) is 7.70. The Labute approximate surface area is 137 Å². The molecule has 3 fully saturated rings. The fourth-order valence-corrected chi connectivity index (χ4v) is 4.11. The Hall–Kier alpha value is -1.55. The van der Waals surface area contributed by atoms with Crippen molar-refractivity contribution in [3.63, 3.8) is 0 Å². The molecule has 1 unspecified atom stereocenters. The number of aromatic hydroxyl groups is 1. The molecule has 0 aromatic heterocycles. The second-order valence-electron chi connectivity index (χ2n) is 7.70. The van der Waals surface area contributed by atoms with E-state index in [-0.39, 0.29) is 11.7 Å². The molecule has 1 aromatic rings. The molecule has 1 saturated heterocycles. The predicted octanol–water partition coefficient (Wildman–Crippen LogP) is 2.52. The SMILES string of the molecule is O=C(C1CC12CCNCC2)N(Cc1cccc(O)c1)CC1CC1. The van der Waals surface area contributed by atoms with Gasteiger partial charge in [-0.25, -0.2) is 0 Å². The minimum absolute atomic E-state index is 0.237. The Kier molecular flexibility index (Phi) is 3.80. The zero-order chi connectivity index (χ0) is 15.9. The summed E-state index contributed by atoms with van der Waals surface area (Å²) in [4.78, 5) is 15.1. The van der Waals surface area contributed by atoms with Crippen LogP contribution >= 0.6 is 0 Å². The minimum Gasteiger partial charge on any atom is -0.508 e. The Morgan fingerprint density at radius 3 is 2.78 bits per heavy atom. The quantitative estimate of drug-likeness (QED) is 0.878. The van der Waals surface area contributed by atoms with Gasteiger partial charge in [0.15, 0.2) is 0 Å². The molecule has 124 valence electrons. The van der Waals surface area contributed by atoms with E-state index in [1.165, 1.54) is 12.8 Å². The fraction of sp³-hybridized carbons (Fsp3) is 0.632. The zero-order valence-electron chi connectivity index (χ0n) is 13.6. The van der Waals surface area contributed by atoms with Crippen molar-refractivity contribution in [1.29, 1.82) is 0 Å². The molecular weight excluding hydrogens is 288 g/mol. The number of carbonyl (C=O) groups excluding carboxylic acids is 1.